The van der Waals surface area contributed by atoms with Gasteiger partial charge in [0.25, 0.3) is 0 Å². The van der Waals surface area contributed by atoms with Crippen LogP contribution in [0.2, 0.25) is 0 Å². The van der Waals surface area contributed by atoms with E-state index in [1.807, 2.05) is 4.31 Å². The average molecular weight is 435 g/mol. The van der Waals surface area contributed by atoms with Crippen molar-refractivity contribution >= 4 is 16.6 Å². The molecule has 6 heteroatoms. The number of hydrogen-bond acceptors (Lipinski definition) is 3. The molecule has 0 radical (unpaired) electrons. The van der Waals surface area contributed by atoms with Gasteiger partial charge in [0.15, 0.2) is 0 Å². The maximum Gasteiger partial charge on any atom is 0.123 e. The summed E-state index contributed by atoms with van der Waals surface area (Å²) >= 11 is 0. The number of halogens is 1. The fourth-order valence-electron chi connectivity index (χ4n) is 5.00. The van der Waals surface area contributed by atoms with Crippen molar-refractivity contribution in [2.24, 2.45) is 5.92 Å². The van der Waals surface area contributed by atoms with Crippen molar-refractivity contribution in [3.8, 4) is 5.75 Å². The van der Waals surface area contributed by atoms with Crippen LogP contribution in [0.4, 0.5) is 4.39 Å². The van der Waals surface area contributed by atoms with E-state index in [4.69, 9.17) is 4.74 Å². The molecule has 30 heavy (non-hydrogen) atoms. The first-order valence-electron chi connectivity index (χ1n) is 11.4. The minimum absolute atomic E-state index is 0.557. The molecule has 2 heterocycles. The molecular weight excluding hydrogens is 399 g/mol. The first-order valence-corrected chi connectivity index (χ1v) is 12.9. The van der Waals surface area contributed by atoms with E-state index >= 15 is 0 Å². The summed E-state index contributed by atoms with van der Waals surface area (Å²) in [5.41, 5.74) is 1.62. The van der Waals surface area contributed by atoms with Crippen molar-refractivity contribution in [3.63, 3.8) is 0 Å². The van der Waals surface area contributed by atoms with Gasteiger partial charge in [0.05, 0.1) is 17.6 Å². The summed E-state index contributed by atoms with van der Waals surface area (Å²) in [4.78, 5) is 2.32. The first kappa shape index (κ1) is 22.0. The third-order valence-corrected chi connectivity index (χ3v) is 8.02. The summed E-state index contributed by atoms with van der Waals surface area (Å²) in [6.45, 7) is 4.95. The monoisotopic (exact) mass is 434 g/mol. The largest absolute Gasteiger partial charge is 0.493 e. The fraction of sp³-hybridized carbons (Fsp3) is 0.667. The Morgan fingerprint density at radius 3 is 2.43 bits per heavy atom. The van der Waals surface area contributed by atoms with Gasteiger partial charge < -0.3 is 9.64 Å². The SMILES string of the molecule is CS(=O)N1CC=C(c2ccc(OCC3CCN(CC4(F)CCCC4)CC3)cc2)CC1. The Labute approximate surface area is 183 Å². The Morgan fingerprint density at radius 1 is 1.13 bits per heavy atom. The predicted octanol–water partition coefficient (Wildman–Crippen LogP) is 4.44. The van der Waals surface area contributed by atoms with Crippen LogP contribution in [0.1, 0.15) is 50.5 Å². The summed E-state index contributed by atoms with van der Waals surface area (Å²) in [6.07, 6.45) is 10.6. The Morgan fingerprint density at radius 2 is 1.83 bits per heavy atom. The van der Waals surface area contributed by atoms with E-state index in [-0.39, 0.29) is 0 Å². The van der Waals surface area contributed by atoms with Gasteiger partial charge in [0.1, 0.15) is 11.4 Å². The molecule has 1 aromatic rings. The van der Waals surface area contributed by atoms with E-state index in [0.29, 0.717) is 12.5 Å². The highest BCUT2D eigenvalue weighted by Crippen LogP contribution is 2.35. The molecule has 1 saturated carbocycles. The van der Waals surface area contributed by atoms with Gasteiger partial charge in [0, 0.05) is 25.9 Å². The second-order valence-corrected chi connectivity index (χ2v) is 10.6. The summed E-state index contributed by atoms with van der Waals surface area (Å²) in [5, 5.41) is 0. The highest BCUT2D eigenvalue weighted by atomic mass is 32.2. The number of piperidine rings is 1. The smallest absolute Gasteiger partial charge is 0.123 e. The van der Waals surface area contributed by atoms with Crippen LogP contribution in [0, 0.1) is 5.92 Å². The van der Waals surface area contributed by atoms with Gasteiger partial charge in [0.2, 0.25) is 0 Å². The topological polar surface area (TPSA) is 32.8 Å². The third kappa shape index (κ3) is 5.71. The Balaban J connectivity index is 1.20. The van der Waals surface area contributed by atoms with Crippen LogP contribution >= 0.6 is 0 Å². The second-order valence-electron chi connectivity index (χ2n) is 9.20. The third-order valence-electron chi connectivity index (χ3n) is 6.96. The maximum atomic E-state index is 14.7. The zero-order valence-electron chi connectivity index (χ0n) is 18.2. The van der Waals surface area contributed by atoms with E-state index in [1.54, 1.807) is 6.26 Å². The minimum Gasteiger partial charge on any atom is -0.493 e. The lowest BCUT2D eigenvalue weighted by Crippen LogP contribution is -2.43. The van der Waals surface area contributed by atoms with E-state index in [2.05, 4.69) is 35.2 Å². The lowest BCUT2D eigenvalue weighted by atomic mass is 9.95. The molecule has 0 spiro atoms. The van der Waals surface area contributed by atoms with Crippen LogP contribution in [0.15, 0.2) is 30.3 Å². The number of rotatable bonds is 7. The lowest BCUT2D eigenvalue weighted by Gasteiger charge is -2.35. The average Bonchev–Trinajstić information content (AvgIpc) is 3.19. The van der Waals surface area contributed by atoms with Gasteiger partial charge >= 0.3 is 0 Å². The van der Waals surface area contributed by atoms with Crippen molar-refractivity contribution in [1.29, 1.82) is 0 Å². The summed E-state index contributed by atoms with van der Waals surface area (Å²) in [5.74, 6) is 1.48. The molecule has 4 nitrogen and oxygen atoms in total. The number of nitrogens with zero attached hydrogens (tertiary/aromatic N) is 2. The van der Waals surface area contributed by atoms with Gasteiger partial charge in [-0.2, -0.15) is 0 Å². The van der Waals surface area contributed by atoms with Gasteiger partial charge in [-0.25, -0.2) is 12.9 Å². The van der Waals surface area contributed by atoms with Gasteiger partial charge in [-0.05, 0) is 74.4 Å². The number of hydrogen-bond donors (Lipinski definition) is 0. The molecule has 1 aliphatic carbocycles. The van der Waals surface area contributed by atoms with Crippen molar-refractivity contribution < 1.29 is 13.3 Å². The molecule has 1 aromatic carbocycles. The van der Waals surface area contributed by atoms with Crippen LogP contribution < -0.4 is 4.74 Å². The van der Waals surface area contributed by atoms with Crippen LogP contribution in [-0.4, -0.2) is 64.7 Å². The Kier molecular flexibility index (Phi) is 7.27. The molecule has 1 saturated heterocycles. The predicted molar refractivity (Wildman–Crippen MR) is 122 cm³/mol. The van der Waals surface area contributed by atoms with Crippen LogP contribution in [0.5, 0.6) is 5.75 Å². The molecular formula is C24H35FN2O2S. The number of ether oxygens (including phenoxy) is 1. The maximum absolute atomic E-state index is 14.7. The lowest BCUT2D eigenvalue weighted by molar-refractivity contribution is 0.0664. The Bertz CT molecular complexity index is 753. The van der Waals surface area contributed by atoms with Crippen molar-refractivity contribution in [3.05, 3.63) is 35.9 Å². The highest BCUT2D eigenvalue weighted by Gasteiger charge is 2.36. The van der Waals surface area contributed by atoms with Crippen molar-refractivity contribution in [1.82, 2.24) is 9.21 Å². The van der Waals surface area contributed by atoms with E-state index in [9.17, 15) is 8.60 Å². The standard InChI is InChI=1S/C24H35FN2O2S/c1-30(28)27-16-10-22(11-17-27)21-4-6-23(7-5-21)29-18-20-8-14-26(15-9-20)19-24(25)12-2-3-13-24/h4-7,10,20H,2-3,8-9,11-19H2,1H3. The molecule has 166 valence electrons. The van der Waals surface area contributed by atoms with E-state index < -0.39 is 16.7 Å². The number of likely N-dealkylation sites (tertiary alicyclic amines) is 1. The fourth-order valence-corrected chi connectivity index (χ4v) is 5.64. The molecule has 1 atom stereocenters. The van der Waals surface area contributed by atoms with Gasteiger partial charge in [-0.15, -0.1) is 0 Å². The Hall–Kier alpha value is -1.24. The van der Waals surface area contributed by atoms with E-state index in [1.165, 1.54) is 11.1 Å². The molecule has 2 fully saturated rings. The molecule has 0 bridgehead atoms. The molecule has 0 aromatic heterocycles. The first-order chi connectivity index (χ1) is 14.5. The van der Waals surface area contributed by atoms with Crippen LogP contribution in [0.3, 0.4) is 0 Å². The molecule has 3 aliphatic rings. The quantitative estimate of drug-likeness (QED) is 0.636. The van der Waals surface area contributed by atoms with Crippen LogP contribution in [-0.2, 0) is 11.0 Å². The highest BCUT2D eigenvalue weighted by molar-refractivity contribution is 7.81. The second kappa shape index (κ2) is 9.92. The number of benzene rings is 1. The summed E-state index contributed by atoms with van der Waals surface area (Å²) in [7, 11) is -0.891. The van der Waals surface area contributed by atoms with Crippen molar-refractivity contribution in [2.45, 2.75) is 50.6 Å². The van der Waals surface area contributed by atoms with Crippen molar-refractivity contribution in [2.75, 3.05) is 45.6 Å². The van der Waals surface area contributed by atoms with Gasteiger partial charge in [-0.1, -0.05) is 31.1 Å². The number of alkyl halides is 1. The molecule has 0 amide bonds. The van der Waals surface area contributed by atoms with E-state index in [0.717, 1.165) is 83.5 Å². The normalized spacial score (nSPS) is 24.5. The zero-order valence-corrected chi connectivity index (χ0v) is 19.0. The molecule has 2 aliphatic heterocycles. The molecule has 0 N–H and O–H groups in total. The molecule has 1 unspecified atom stereocenters. The molecule has 4 rings (SSSR count). The summed E-state index contributed by atoms with van der Waals surface area (Å²) < 4.78 is 34.3. The van der Waals surface area contributed by atoms with Gasteiger partial charge in [-0.3, -0.25) is 0 Å². The minimum atomic E-state index is -0.926. The zero-order chi connectivity index (χ0) is 21.0. The summed E-state index contributed by atoms with van der Waals surface area (Å²) in [6, 6.07) is 8.38. The van der Waals surface area contributed by atoms with Crippen LogP contribution in [0.25, 0.3) is 5.57 Å².